The Labute approximate surface area is 166 Å². The quantitative estimate of drug-likeness (QED) is 0.434. The van der Waals surface area contributed by atoms with Crippen LogP contribution in [0, 0.1) is 16.0 Å². The number of nitro groups is 1. The molecule has 2 atom stereocenters. The van der Waals surface area contributed by atoms with Gasteiger partial charge >= 0.3 is 0 Å². The second kappa shape index (κ2) is 6.78. The van der Waals surface area contributed by atoms with Crippen LogP contribution in [0.5, 0.6) is 0 Å². The number of nitro benzene ring substituents is 1. The first-order valence-corrected chi connectivity index (χ1v) is 10.1. The molecule has 0 fully saturated rings. The maximum Gasteiger partial charge on any atom is 0.269 e. The van der Waals surface area contributed by atoms with Gasteiger partial charge in [-0.25, -0.2) is 8.42 Å². The van der Waals surface area contributed by atoms with E-state index in [1.54, 1.807) is 30.3 Å². The molecule has 0 spiro atoms. The Hall–Kier alpha value is -3.59. The Morgan fingerprint density at radius 3 is 2.24 bits per heavy atom. The van der Waals surface area contributed by atoms with Crippen molar-refractivity contribution < 1.29 is 22.9 Å². The third-order valence-electron chi connectivity index (χ3n) is 4.94. The minimum absolute atomic E-state index is 0.148. The van der Waals surface area contributed by atoms with Crippen LogP contribution in [0.3, 0.4) is 0 Å². The van der Waals surface area contributed by atoms with Crippen molar-refractivity contribution in [3.8, 4) is 0 Å². The maximum absolute atomic E-state index is 13.2. The molecule has 0 radical (unpaired) electrons. The monoisotopic (exact) mass is 410 g/mol. The molecule has 0 saturated heterocycles. The highest BCUT2D eigenvalue weighted by Gasteiger charge is 2.47. The van der Waals surface area contributed by atoms with E-state index in [2.05, 4.69) is 0 Å². The number of hydrogen-bond acceptors (Lipinski definition) is 6. The average molecular weight is 410 g/mol. The van der Waals surface area contributed by atoms with Crippen LogP contribution < -0.4 is 0 Å². The predicted molar refractivity (Wildman–Crippen MR) is 103 cm³/mol. The van der Waals surface area contributed by atoms with Crippen molar-refractivity contribution in [3.05, 3.63) is 88.6 Å². The maximum atomic E-state index is 13.2. The van der Waals surface area contributed by atoms with E-state index in [9.17, 15) is 28.1 Å². The first kappa shape index (κ1) is 18.8. The zero-order valence-electron chi connectivity index (χ0n) is 14.8. The number of allylic oxidation sites excluding steroid dienone is 1. The van der Waals surface area contributed by atoms with E-state index in [4.69, 9.17) is 0 Å². The number of sulfonamides is 1. The number of carbonyl (C=O) groups excluding carboxylic acids is 2. The summed E-state index contributed by atoms with van der Waals surface area (Å²) in [4.78, 5) is 34.6. The van der Waals surface area contributed by atoms with Gasteiger partial charge in [0.25, 0.3) is 15.7 Å². The third kappa shape index (κ3) is 3.05. The van der Waals surface area contributed by atoms with Crippen molar-refractivity contribution in [2.75, 3.05) is 0 Å². The van der Waals surface area contributed by atoms with Crippen molar-refractivity contribution in [2.24, 2.45) is 5.92 Å². The predicted octanol–water partition coefficient (Wildman–Crippen LogP) is 2.33. The molecule has 1 aliphatic carbocycles. The molecule has 1 aliphatic heterocycles. The summed E-state index contributed by atoms with van der Waals surface area (Å²) in [6, 6.07) is 12.4. The Kier molecular flexibility index (Phi) is 4.39. The van der Waals surface area contributed by atoms with Gasteiger partial charge in [-0.3, -0.25) is 24.0 Å². The summed E-state index contributed by atoms with van der Waals surface area (Å²) in [6.07, 6.45) is 3.86. The topological polar surface area (TPSA) is 115 Å². The van der Waals surface area contributed by atoms with E-state index in [0.717, 1.165) is 34.6 Å². The van der Waals surface area contributed by atoms with E-state index in [1.807, 2.05) is 0 Å². The molecule has 0 bridgehead atoms. The lowest BCUT2D eigenvalue weighted by atomic mass is 9.82. The zero-order chi connectivity index (χ0) is 20.8. The molecule has 2 aliphatic rings. The highest BCUT2D eigenvalue weighted by Crippen LogP contribution is 2.41. The van der Waals surface area contributed by atoms with Gasteiger partial charge in [0, 0.05) is 18.3 Å². The van der Waals surface area contributed by atoms with Crippen LogP contribution in [-0.4, -0.2) is 35.3 Å². The zero-order valence-corrected chi connectivity index (χ0v) is 15.7. The van der Waals surface area contributed by atoms with Gasteiger partial charge in [-0.05, 0) is 29.3 Å². The summed E-state index contributed by atoms with van der Waals surface area (Å²) in [5, 5.41) is 10.8. The van der Waals surface area contributed by atoms with E-state index >= 15 is 0 Å². The fourth-order valence-electron chi connectivity index (χ4n) is 3.52. The molecule has 0 aromatic heterocycles. The Morgan fingerprint density at radius 2 is 1.62 bits per heavy atom. The van der Waals surface area contributed by atoms with Crippen LogP contribution >= 0.6 is 0 Å². The van der Waals surface area contributed by atoms with Crippen molar-refractivity contribution in [1.82, 2.24) is 4.31 Å². The molecular weight excluding hydrogens is 396 g/mol. The van der Waals surface area contributed by atoms with Crippen molar-refractivity contribution in [3.63, 3.8) is 0 Å². The summed E-state index contributed by atoms with van der Waals surface area (Å²) >= 11 is 0. The lowest BCUT2D eigenvalue weighted by Gasteiger charge is -2.28. The molecule has 29 heavy (non-hydrogen) atoms. The summed E-state index contributed by atoms with van der Waals surface area (Å²) in [7, 11) is -4.11. The minimum Gasteiger partial charge on any atom is -0.290 e. The van der Waals surface area contributed by atoms with Crippen LogP contribution in [-0.2, 0) is 19.6 Å². The summed E-state index contributed by atoms with van der Waals surface area (Å²) in [5.41, 5.74) is 0.839. The molecule has 2 aromatic rings. The SMILES string of the molecule is O=C1C=CC2C(C1=O)C(c1ccccc1)=CN2S(=O)(=O)c1ccc([N+](=O)[O-])cc1. The van der Waals surface area contributed by atoms with E-state index in [0.29, 0.717) is 11.1 Å². The number of non-ortho nitro benzene ring substituents is 1. The largest absolute Gasteiger partial charge is 0.290 e. The fourth-order valence-corrected chi connectivity index (χ4v) is 5.01. The summed E-state index contributed by atoms with van der Waals surface area (Å²) in [6.45, 7) is 0. The second-order valence-electron chi connectivity index (χ2n) is 6.59. The molecule has 0 saturated carbocycles. The van der Waals surface area contributed by atoms with Gasteiger partial charge in [-0.1, -0.05) is 36.4 Å². The highest BCUT2D eigenvalue weighted by atomic mass is 32.2. The van der Waals surface area contributed by atoms with Crippen molar-refractivity contribution >= 4 is 32.9 Å². The number of hydrogen-bond donors (Lipinski definition) is 0. The Morgan fingerprint density at radius 1 is 0.966 bits per heavy atom. The minimum atomic E-state index is -4.11. The van der Waals surface area contributed by atoms with Gasteiger partial charge in [0.2, 0.25) is 11.6 Å². The number of Topliss-reactive ketones (excluding diaryl/α,β-unsaturated/α-hetero) is 1. The standard InChI is InChI=1S/C20H14N2O6S/c23-18-11-10-17-19(20(18)24)16(13-4-2-1-3-5-13)12-21(17)29(27,28)15-8-6-14(7-9-15)22(25)26/h1-12,17,19H. The number of carbonyl (C=O) groups is 2. The number of ketones is 2. The molecule has 8 nitrogen and oxygen atoms in total. The van der Waals surface area contributed by atoms with Gasteiger partial charge in [-0.2, -0.15) is 0 Å². The number of rotatable bonds is 4. The number of benzene rings is 2. The lowest BCUT2D eigenvalue weighted by Crippen LogP contribution is -2.42. The molecule has 146 valence electrons. The lowest BCUT2D eigenvalue weighted by molar-refractivity contribution is -0.384. The smallest absolute Gasteiger partial charge is 0.269 e. The molecule has 1 heterocycles. The molecule has 4 rings (SSSR count). The van der Waals surface area contributed by atoms with Gasteiger partial charge in [0.15, 0.2) is 0 Å². The van der Waals surface area contributed by atoms with Crippen LogP contribution in [0.15, 0.2) is 77.8 Å². The number of nitrogens with zero attached hydrogens (tertiary/aromatic N) is 2. The first-order chi connectivity index (χ1) is 13.8. The molecule has 9 heteroatoms. The molecular formula is C20H14N2O6S. The van der Waals surface area contributed by atoms with Crippen molar-refractivity contribution in [1.29, 1.82) is 0 Å². The number of fused-ring (bicyclic) bond motifs is 1. The Bertz CT molecular complexity index is 1180. The van der Waals surface area contributed by atoms with E-state index in [-0.39, 0.29) is 10.6 Å². The van der Waals surface area contributed by atoms with Crippen LogP contribution in [0.2, 0.25) is 0 Å². The highest BCUT2D eigenvalue weighted by molar-refractivity contribution is 7.89. The third-order valence-corrected chi connectivity index (χ3v) is 6.71. The average Bonchev–Trinajstić information content (AvgIpc) is 3.12. The molecule has 0 N–H and O–H groups in total. The molecule has 2 aromatic carbocycles. The van der Waals surface area contributed by atoms with E-state index < -0.39 is 38.5 Å². The van der Waals surface area contributed by atoms with Crippen molar-refractivity contribution in [2.45, 2.75) is 10.9 Å². The van der Waals surface area contributed by atoms with Gasteiger partial charge in [0.05, 0.1) is 21.8 Å². The van der Waals surface area contributed by atoms with Crippen LogP contribution in [0.4, 0.5) is 5.69 Å². The van der Waals surface area contributed by atoms with Crippen LogP contribution in [0.1, 0.15) is 5.56 Å². The van der Waals surface area contributed by atoms with Crippen LogP contribution in [0.25, 0.3) is 5.57 Å². The molecule has 2 unspecified atom stereocenters. The first-order valence-electron chi connectivity index (χ1n) is 8.62. The fraction of sp³-hybridized carbons (Fsp3) is 0.100. The normalized spacial score (nSPS) is 21.1. The second-order valence-corrected chi connectivity index (χ2v) is 8.44. The van der Waals surface area contributed by atoms with E-state index in [1.165, 1.54) is 12.3 Å². The Balaban J connectivity index is 1.82. The summed E-state index contributed by atoms with van der Waals surface area (Å²) in [5.74, 6) is -2.29. The molecule has 0 amide bonds. The summed E-state index contributed by atoms with van der Waals surface area (Å²) < 4.78 is 27.5. The van der Waals surface area contributed by atoms with Gasteiger partial charge in [0.1, 0.15) is 0 Å². The van der Waals surface area contributed by atoms with Gasteiger partial charge < -0.3 is 0 Å². The van der Waals surface area contributed by atoms with Gasteiger partial charge in [-0.15, -0.1) is 0 Å².